The van der Waals surface area contributed by atoms with E-state index < -0.39 is 10.0 Å². The normalized spacial score (nSPS) is 18.3. The van der Waals surface area contributed by atoms with Crippen molar-refractivity contribution in [1.29, 1.82) is 0 Å². The third-order valence-electron chi connectivity index (χ3n) is 2.96. The number of rotatable bonds is 9. The van der Waals surface area contributed by atoms with Crippen molar-refractivity contribution in [2.24, 2.45) is 0 Å². The van der Waals surface area contributed by atoms with Gasteiger partial charge in [0.25, 0.3) is 0 Å². The molecule has 1 fully saturated rings. The molecule has 0 aliphatic heterocycles. The molecular formula is C12H24N2O2S. The molecule has 1 aliphatic rings. The zero-order valence-corrected chi connectivity index (χ0v) is 11.7. The van der Waals surface area contributed by atoms with Crippen LogP contribution in [0, 0.1) is 0 Å². The van der Waals surface area contributed by atoms with Gasteiger partial charge in [0.15, 0.2) is 0 Å². The molecule has 4 nitrogen and oxygen atoms in total. The molecule has 17 heavy (non-hydrogen) atoms. The molecule has 0 aromatic carbocycles. The van der Waals surface area contributed by atoms with E-state index in [9.17, 15) is 8.42 Å². The minimum absolute atomic E-state index is 0.214. The van der Waals surface area contributed by atoms with Gasteiger partial charge in [-0.05, 0) is 32.7 Å². The Labute approximate surface area is 105 Å². The lowest BCUT2D eigenvalue weighted by Gasteiger charge is -2.24. The highest BCUT2D eigenvalue weighted by atomic mass is 32.2. The molecule has 0 saturated heterocycles. The van der Waals surface area contributed by atoms with Crippen molar-refractivity contribution in [2.45, 2.75) is 44.4 Å². The minimum Gasteiger partial charge on any atom is -0.315 e. The fraction of sp³-hybridized carbons (Fsp3) is 0.833. The van der Waals surface area contributed by atoms with Crippen LogP contribution in [0.15, 0.2) is 12.7 Å². The average Bonchev–Trinajstić information content (AvgIpc) is 3.09. The second-order valence-corrected chi connectivity index (χ2v) is 6.95. The van der Waals surface area contributed by atoms with Crippen molar-refractivity contribution < 1.29 is 8.42 Å². The third-order valence-corrected chi connectivity index (χ3v) is 5.24. The van der Waals surface area contributed by atoms with Crippen LogP contribution in [0.1, 0.15) is 33.1 Å². The maximum Gasteiger partial charge on any atom is 0.218 e. The summed E-state index contributed by atoms with van der Waals surface area (Å²) < 4.78 is 26.3. The zero-order chi connectivity index (χ0) is 12.9. The average molecular weight is 260 g/mol. The summed E-state index contributed by atoms with van der Waals surface area (Å²) in [6, 6.07) is 0.214. The standard InChI is InChI=1S/C12H24N2O2S/c1-4-8-13-10-11(3)17(15,16)14(9-5-2)12-6-7-12/h5,11-13H,2,4,6-10H2,1,3H3. The molecule has 0 aromatic heterocycles. The number of sulfonamides is 1. The van der Waals surface area contributed by atoms with Crippen molar-refractivity contribution in [3.05, 3.63) is 12.7 Å². The van der Waals surface area contributed by atoms with Crippen LogP contribution in [-0.4, -0.2) is 43.6 Å². The molecule has 0 aromatic rings. The first-order valence-electron chi connectivity index (χ1n) is 6.36. The van der Waals surface area contributed by atoms with Crippen LogP contribution >= 0.6 is 0 Å². The molecule has 0 bridgehead atoms. The Morgan fingerprint density at radius 3 is 2.65 bits per heavy atom. The maximum absolute atomic E-state index is 12.3. The fourth-order valence-electron chi connectivity index (χ4n) is 1.77. The van der Waals surface area contributed by atoms with Crippen molar-refractivity contribution in [3.63, 3.8) is 0 Å². The van der Waals surface area contributed by atoms with Gasteiger partial charge in [0, 0.05) is 19.1 Å². The molecule has 0 spiro atoms. The van der Waals surface area contributed by atoms with E-state index in [4.69, 9.17) is 0 Å². The van der Waals surface area contributed by atoms with Gasteiger partial charge in [0.2, 0.25) is 10.0 Å². The predicted molar refractivity (Wildman–Crippen MR) is 71.5 cm³/mol. The second kappa shape index (κ2) is 6.52. The highest BCUT2D eigenvalue weighted by Crippen LogP contribution is 2.30. The van der Waals surface area contributed by atoms with Gasteiger partial charge in [0.05, 0.1) is 5.25 Å². The number of hydrogen-bond donors (Lipinski definition) is 1. The first kappa shape index (κ1) is 14.7. The number of hydrogen-bond acceptors (Lipinski definition) is 3. The van der Waals surface area contributed by atoms with Crippen molar-refractivity contribution in [3.8, 4) is 0 Å². The van der Waals surface area contributed by atoms with Crippen LogP contribution in [0.25, 0.3) is 0 Å². The Kier molecular flexibility index (Phi) is 5.62. The van der Waals surface area contributed by atoms with E-state index in [1.165, 1.54) is 0 Å². The van der Waals surface area contributed by atoms with Crippen LogP contribution in [0.2, 0.25) is 0 Å². The molecule has 1 rings (SSSR count). The van der Waals surface area contributed by atoms with Gasteiger partial charge in [0.1, 0.15) is 0 Å². The molecule has 1 atom stereocenters. The van der Waals surface area contributed by atoms with Crippen molar-refractivity contribution in [1.82, 2.24) is 9.62 Å². The SMILES string of the molecule is C=CCN(C1CC1)S(=O)(=O)C(C)CNCCC. The Hall–Kier alpha value is -0.390. The summed E-state index contributed by atoms with van der Waals surface area (Å²) in [5, 5.41) is 2.80. The molecule has 1 N–H and O–H groups in total. The molecule has 100 valence electrons. The van der Waals surface area contributed by atoms with Gasteiger partial charge in [-0.3, -0.25) is 0 Å². The van der Waals surface area contributed by atoms with Gasteiger partial charge in [-0.2, -0.15) is 4.31 Å². The molecule has 0 radical (unpaired) electrons. The van der Waals surface area contributed by atoms with E-state index >= 15 is 0 Å². The molecule has 5 heteroatoms. The smallest absolute Gasteiger partial charge is 0.218 e. The highest BCUT2D eigenvalue weighted by molar-refractivity contribution is 7.89. The minimum atomic E-state index is -3.18. The molecule has 1 unspecified atom stereocenters. The molecule has 1 saturated carbocycles. The summed E-state index contributed by atoms with van der Waals surface area (Å²) in [5.74, 6) is 0. The fourth-order valence-corrected chi connectivity index (χ4v) is 3.50. The molecule has 0 amide bonds. The van der Waals surface area contributed by atoms with Gasteiger partial charge >= 0.3 is 0 Å². The van der Waals surface area contributed by atoms with E-state index in [0.29, 0.717) is 13.1 Å². The van der Waals surface area contributed by atoms with Crippen molar-refractivity contribution in [2.75, 3.05) is 19.6 Å². The lowest BCUT2D eigenvalue weighted by atomic mass is 10.4. The van der Waals surface area contributed by atoms with E-state index in [-0.39, 0.29) is 11.3 Å². The van der Waals surface area contributed by atoms with Crippen LogP contribution in [0.4, 0.5) is 0 Å². The number of nitrogens with zero attached hydrogens (tertiary/aromatic N) is 1. The van der Waals surface area contributed by atoms with E-state index in [1.54, 1.807) is 17.3 Å². The summed E-state index contributed by atoms with van der Waals surface area (Å²) in [4.78, 5) is 0. The molecule has 0 heterocycles. The lowest BCUT2D eigenvalue weighted by Crippen LogP contribution is -2.43. The van der Waals surface area contributed by atoms with Gasteiger partial charge < -0.3 is 5.32 Å². The third kappa shape index (κ3) is 4.08. The summed E-state index contributed by atoms with van der Waals surface area (Å²) in [5.41, 5.74) is 0. The van der Waals surface area contributed by atoms with Gasteiger partial charge in [-0.15, -0.1) is 6.58 Å². The Bertz CT molecular complexity index is 336. The largest absolute Gasteiger partial charge is 0.315 e. The monoisotopic (exact) mass is 260 g/mol. The van der Waals surface area contributed by atoms with Crippen LogP contribution in [-0.2, 0) is 10.0 Å². The maximum atomic E-state index is 12.3. The van der Waals surface area contributed by atoms with Crippen LogP contribution in [0.3, 0.4) is 0 Å². The summed E-state index contributed by atoms with van der Waals surface area (Å²) in [6.45, 7) is 9.31. The Morgan fingerprint density at radius 1 is 1.53 bits per heavy atom. The number of nitrogens with one attached hydrogen (secondary N) is 1. The summed E-state index contributed by atoms with van der Waals surface area (Å²) >= 11 is 0. The Morgan fingerprint density at radius 2 is 2.18 bits per heavy atom. The van der Waals surface area contributed by atoms with Gasteiger partial charge in [-0.25, -0.2) is 8.42 Å². The highest BCUT2D eigenvalue weighted by Gasteiger charge is 2.38. The second-order valence-electron chi connectivity index (χ2n) is 4.65. The first-order valence-corrected chi connectivity index (χ1v) is 7.86. The lowest BCUT2D eigenvalue weighted by molar-refractivity contribution is 0.425. The summed E-state index contributed by atoms with van der Waals surface area (Å²) in [7, 11) is -3.18. The zero-order valence-electron chi connectivity index (χ0n) is 10.9. The van der Waals surface area contributed by atoms with E-state index in [1.807, 2.05) is 0 Å². The first-order chi connectivity index (χ1) is 8.04. The topological polar surface area (TPSA) is 49.4 Å². The van der Waals surface area contributed by atoms with Crippen LogP contribution < -0.4 is 5.32 Å². The van der Waals surface area contributed by atoms with Crippen molar-refractivity contribution >= 4 is 10.0 Å². The van der Waals surface area contributed by atoms with Gasteiger partial charge in [-0.1, -0.05) is 13.0 Å². The Balaban J connectivity index is 2.59. The van der Waals surface area contributed by atoms with Crippen LogP contribution in [0.5, 0.6) is 0 Å². The van der Waals surface area contributed by atoms with E-state index in [0.717, 1.165) is 25.8 Å². The predicted octanol–water partition coefficient (Wildman–Crippen LogP) is 1.35. The molecule has 1 aliphatic carbocycles. The summed E-state index contributed by atoms with van der Waals surface area (Å²) in [6.07, 6.45) is 4.66. The molecular weight excluding hydrogens is 236 g/mol. The van der Waals surface area contributed by atoms with E-state index in [2.05, 4.69) is 18.8 Å². The quantitative estimate of drug-likeness (QED) is 0.503.